The van der Waals surface area contributed by atoms with Gasteiger partial charge in [-0.05, 0) is 31.4 Å². The summed E-state index contributed by atoms with van der Waals surface area (Å²) in [6.07, 6.45) is 5.83. The number of fused-ring (bicyclic) bond motifs is 1. The molecule has 2 aromatic heterocycles. The van der Waals surface area contributed by atoms with Gasteiger partial charge < -0.3 is 19.8 Å². The van der Waals surface area contributed by atoms with Gasteiger partial charge >= 0.3 is 0 Å². The normalized spacial score (nSPS) is 19.1. The van der Waals surface area contributed by atoms with E-state index >= 15 is 0 Å². The van der Waals surface area contributed by atoms with E-state index in [9.17, 15) is 9.59 Å². The fourth-order valence-corrected chi connectivity index (χ4v) is 3.36. The summed E-state index contributed by atoms with van der Waals surface area (Å²) in [5, 5.41) is 3.66. The van der Waals surface area contributed by atoms with Gasteiger partial charge in [0.05, 0.1) is 5.56 Å². The van der Waals surface area contributed by atoms with E-state index in [0.29, 0.717) is 23.0 Å². The lowest BCUT2D eigenvalue weighted by molar-refractivity contribution is 0.0944. The van der Waals surface area contributed by atoms with Crippen molar-refractivity contribution in [3.63, 3.8) is 0 Å². The number of nitrogens with one attached hydrogen (secondary N) is 2. The molecule has 6 heteroatoms. The number of aromatic nitrogens is 2. The Morgan fingerprint density at radius 2 is 2.30 bits per heavy atom. The second kappa shape index (κ2) is 6.58. The second-order valence-electron chi connectivity index (χ2n) is 6.53. The number of carbonyl (C=O) groups excluding carboxylic acids is 1. The van der Waals surface area contributed by atoms with E-state index in [0.717, 1.165) is 25.6 Å². The molecule has 23 heavy (non-hydrogen) atoms. The highest BCUT2D eigenvalue weighted by molar-refractivity contribution is 6.05. The zero-order chi connectivity index (χ0) is 16.4. The molecule has 1 amide bonds. The van der Waals surface area contributed by atoms with Crippen molar-refractivity contribution in [1.29, 1.82) is 0 Å². The fourth-order valence-electron chi connectivity index (χ4n) is 3.36. The summed E-state index contributed by atoms with van der Waals surface area (Å²) in [7, 11) is 1.66. The summed E-state index contributed by atoms with van der Waals surface area (Å²) in [5.41, 5.74) is 0.893. The maximum Gasteiger partial charge on any atom is 0.274 e. The van der Waals surface area contributed by atoms with Crippen LogP contribution in [0.3, 0.4) is 0 Å². The Morgan fingerprint density at radius 1 is 1.48 bits per heavy atom. The van der Waals surface area contributed by atoms with Gasteiger partial charge in [-0.25, -0.2) is 0 Å². The van der Waals surface area contributed by atoms with Gasteiger partial charge in [-0.2, -0.15) is 0 Å². The highest BCUT2D eigenvalue weighted by atomic mass is 16.2. The molecule has 1 unspecified atom stereocenters. The minimum Gasteiger partial charge on any atom is -0.357 e. The number of aryl methyl sites for hydroxylation is 1. The summed E-state index contributed by atoms with van der Waals surface area (Å²) >= 11 is 0. The number of aromatic amines is 1. The topological polar surface area (TPSA) is 70.1 Å². The second-order valence-corrected chi connectivity index (χ2v) is 6.53. The van der Waals surface area contributed by atoms with Gasteiger partial charge in [0, 0.05) is 44.5 Å². The number of hydrogen-bond donors (Lipinski definition) is 2. The predicted molar refractivity (Wildman–Crippen MR) is 90.7 cm³/mol. The molecule has 3 rings (SSSR count). The third-order valence-electron chi connectivity index (χ3n) is 4.59. The molecule has 1 aliphatic heterocycles. The zero-order valence-corrected chi connectivity index (χ0v) is 13.8. The highest BCUT2D eigenvalue weighted by Crippen LogP contribution is 2.15. The molecule has 1 atom stereocenters. The molecule has 6 nitrogen and oxygen atoms in total. The lowest BCUT2D eigenvalue weighted by Crippen LogP contribution is -2.40. The average molecular weight is 316 g/mol. The number of pyridine rings is 1. The minimum absolute atomic E-state index is 0.121. The molecule has 3 heterocycles. The highest BCUT2D eigenvalue weighted by Gasteiger charge is 2.17. The van der Waals surface area contributed by atoms with Gasteiger partial charge in [0.15, 0.2) is 0 Å². The molecule has 124 valence electrons. The molecule has 2 N–H and O–H groups in total. The van der Waals surface area contributed by atoms with Crippen molar-refractivity contribution >= 4 is 16.8 Å². The van der Waals surface area contributed by atoms with Crippen LogP contribution in [0.2, 0.25) is 0 Å². The number of amides is 1. The molecular weight excluding hydrogens is 292 g/mol. The molecule has 0 saturated carbocycles. The molecule has 0 spiro atoms. The van der Waals surface area contributed by atoms with Gasteiger partial charge in [-0.3, -0.25) is 9.59 Å². The van der Waals surface area contributed by atoms with Gasteiger partial charge in [-0.15, -0.1) is 0 Å². The fraction of sp³-hybridized carbons (Fsp3) is 0.529. The van der Waals surface area contributed by atoms with Crippen molar-refractivity contribution < 1.29 is 4.79 Å². The van der Waals surface area contributed by atoms with E-state index in [-0.39, 0.29) is 11.5 Å². The number of nitrogens with zero attached hydrogens (tertiary/aromatic N) is 2. The average Bonchev–Trinajstić information content (AvgIpc) is 3.00. The lowest BCUT2D eigenvalue weighted by Gasteiger charge is -2.30. The molecule has 1 aliphatic rings. The Morgan fingerprint density at radius 3 is 3.09 bits per heavy atom. The molecule has 0 radical (unpaired) electrons. The van der Waals surface area contributed by atoms with Crippen LogP contribution < -0.4 is 10.9 Å². The van der Waals surface area contributed by atoms with E-state index in [4.69, 9.17) is 0 Å². The minimum atomic E-state index is -0.129. The molecule has 1 fully saturated rings. The van der Waals surface area contributed by atoms with Crippen LogP contribution in [0.15, 0.2) is 23.3 Å². The quantitative estimate of drug-likeness (QED) is 0.894. The third-order valence-corrected chi connectivity index (χ3v) is 4.59. The van der Waals surface area contributed by atoms with E-state index in [2.05, 4.69) is 22.1 Å². The number of piperidine rings is 1. The lowest BCUT2D eigenvalue weighted by atomic mass is 10.0. The van der Waals surface area contributed by atoms with Crippen molar-refractivity contribution in [3.05, 3.63) is 34.4 Å². The third kappa shape index (κ3) is 3.32. The van der Waals surface area contributed by atoms with E-state index in [1.807, 2.05) is 0 Å². The van der Waals surface area contributed by atoms with Crippen LogP contribution in [-0.2, 0) is 7.05 Å². The Kier molecular flexibility index (Phi) is 4.52. The van der Waals surface area contributed by atoms with Crippen LogP contribution in [-0.4, -0.2) is 46.5 Å². The smallest absolute Gasteiger partial charge is 0.274 e. The monoisotopic (exact) mass is 316 g/mol. The maximum atomic E-state index is 12.5. The van der Waals surface area contributed by atoms with Crippen molar-refractivity contribution in [2.75, 3.05) is 26.2 Å². The van der Waals surface area contributed by atoms with Crippen LogP contribution >= 0.6 is 0 Å². The first-order valence-electron chi connectivity index (χ1n) is 8.23. The molecule has 1 saturated heterocycles. The number of likely N-dealkylation sites (tertiary alicyclic amines) is 1. The number of rotatable bonds is 4. The van der Waals surface area contributed by atoms with Gasteiger partial charge in [0.2, 0.25) is 0 Å². The number of hydrogen-bond acceptors (Lipinski definition) is 3. The van der Waals surface area contributed by atoms with E-state index < -0.39 is 0 Å². The Hall–Kier alpha value is -2.08. The predicted octanol–water partition coefficient (Wildman–Crippen LogP) is 1.33. The summed E-state index contributed by atoms with van der Waals surface area (Å²) < 4.78 is 1.44. The number of H-pyrrole nitrogens is 1. The van der Waals surface area contributed by atoms with E-state index in [1.165, 1.54) is 17.4 Å². The molecule has 0 aliphatic carbocycles. The Labute approximate surface area is 135 Å². The number of carbonyl (C=O) groups is 1. The molecule has 0 bridgehead atoms. The van der Waals surface area contributed by atoms with Crippen LogP contribution in [0.1, 0.15) is 30.1 Å². The standard InChI is InChI=1S/C17H24N4O2/c1-12-4-3-8-21(10-12)9-7-19-16(22)14-11-20(2)17(23)15-13(14)5-6-18-15/h5-6,11-12,18H,3-4,7-10H2,1-2H3,(H,19,22). The first-order valence-corrected chi connectivity index (χ1v) is 8.23. The van der Waals surface area contributed by atoms with Crippen molar-refractivity contribution in [1.82, 2.24) is 19.8 Å². The summed E-state index contributed by atoms with van der Waals surface area (Å²) in [6, 6.07) is 1.78. The molecule has 0 aromatic carbocycles. The maximum absolute atomic E-state index is 12.5. The summed E-state index contributed by atoms with van der Waals surface area (Å²) in [5.74, 6) is 0.609. The van der Waals surface area contributed by atoms with Crippen molar-refractivity contribution in [2.24, 2.45) is 13.0 Å². The first kappa shape index (κ1) is 15.8. The first-order chi connectivity index (χ1) is 11.1. The van der Waals surface area contributed by atoms with Crippen LogP contribution in [0.5, 0.6) is 0 Å². The largest absolute Gasteiger partial charge is 0.357 e. The van der Waals surface area contributed by atoms with Crippen LogP contribution in [0, 0.1) is 5.92 Å². The van der Waals surface area contributed by atoms with Gasteiger partial charge in [0.25, 0.3) is 11.5 Å². The van der Waals surface area contributed by atoms with Crippen LogP contribution in [0.25, 0.3) is 10.9 Å². The Bertz CT molecular complexity index is 762. The van der Waals surface area contributed by atoms with Crippen molar-refractivity contribution in [3.8, 4) is 0 Å². The van der Waals surface area contributed by atoms with E-state index in [1.54, 1.807) is 25.5 Å². The SMILES string of the molecule is CC1CCCN(CCNC(=O)c2cn(C)c(=O)c3[nH]ccc23)C1. The van der Waals surface area contributed by atoms with Gasteiger partial charge in [-0.1, -0.05) is 6.92 Å². The summed E-state index contributed by atoms with van der Waals surface area (Å²) in [6.45, 7) is 6.00. The summed E-state index contributed by atoms with van der Waals surface area (Å²) in [4.78, 5) is 29.8. The van der Waals surface area contributed by atoms with Crippen LogP contribution in [0.4, 0.5) is 0 Å². The zero-order valence-electron chi connectivity index (χ0n) is 13.8. The van der Waals surface area contributed by atoms with Gasteiger partial charge in [0.1, 0.15) is 5.52 Å². The van der Waals surface area contributed by atoms with Crippen molar-refractivity contribution in [2.45, 2.75) is 19.8 Å². The molecular formula is C17H24N4O2. The molecule has 2 aromatic rings. The Balaban J connectivity index is 1.66.